The molecule has 0 saturated carbocycles. The molecule has 0 bridgehead atoms. The van der Waals surface area contributed by atoms with Gasteiger partial charge in [0.1, 0.15) is 0 Å². The first-order valence-corrected chi connectivity index (χ1v) is 12.8. The van der Waals surface area contributed by atoms with Crippen LogP contribution in [0.25, 0.3) is 27.8 Å². The van der Waals surface area contributed by atoms with Gasteiger partial charge in [-0.3, -0.25) is 24.6 Å². The van der Waals surface area contributed by atoms with Crippen LogP contribution in [0.5, 0.6) is 0 Å². The standard InChI is InChI=1S/C30H21N3O4S/c34-29-28(38-30(35)32(29)19-21-11-7-10-20-8-1-3-12-24(20)21)16-23-18-31(27-15-6-4-13-25(23)27)17-22-9-2-5-14-26(22)33(36)37/h1-16,18H,17,19H2/b28-16-. The molecule has 2 heterocycles. The fraction of sp³-hybridized carbons (Fsp3) is 0.0667. The second kappa shape index (κ2) is 9.64. The van der Waals surface area contributed by atoms with Crippen LogP contribution >= 0.6 is 11.8 Å². The largest absolute Gasteiger partial charge is 0.342 e. The van der Waals surface area contributed by atoms with Crippen LogP contribution in [0.1, 0.15) is 16.7 Å². The van der Waals surface area contributed by atoms with E-state index in [1.807, 2.05) is 77.5 Å². The zero-order valence-corrected chi connectivity index (χ0v) is 20.9. The van der Waals surface area contributed by atoms with Gasteiger partial charge in [-0.05, 0) is 40.2 Å². The number of nitro groups is 1. The maximum Gasteiger partial charge on any atom is 0.293 e. The third kappa shape index (κ3) is 4.25. The van der Waals surface area contributed by atoms with E-state index in [9.17, 15) is 19.7 Å². The molecule has 0 atom stereocenters. The summed E-state index contributed by atoms with van der Waals surface area (Å²) < 4.78 is 1.93. The molecule has 0 unspecified atom stereocenters. The molecule has 1 aromatic heterocycles. The minimum atomic E-state index is -0.381. The van der Waals surface area contributed by atoms with Gasteiger partial charge in [0.05, 0.1) is 22.9 Å². The summed E-state index contributed by atoms with van der Waals surface area (Å²) in [4.78, 5) is 39.0. The number of nitrogens with zero attached hydrogens (tertiary/aromatic N) is 3. The normalized spacial score (nSPS) is 14.7. The number of nitro benzene ring substituents is 1. The molecule has 38 heavy (non-hydrogen) atoms. The van der Waals surface area contributed by atoms with E-state index in [0.717, 1.165) is 44.6 Å². The molecular weight excluding hydrogens is 498 g/mol. The lowest BCUT2D eigenvalue weighted by atomic mass is 10.0. The molecule has 0 aliphatic carbocycles. The van der Waals surface area contributed by atoms with Crippen LogP contribution in [0.4, 0.5) is 10.5 Å². The molecule has 6 rings (SSSR count). The smallest absolute Gasteiger partial charge is 0.293 e. The molecule has 1 fully saturated rings. The Bertz CT molecular complexity index is 1780. The number of hydrogen-bond acceptors (Lipinski definition) is 5. The van der Waals surface area contributed by atoms with Gasteiger partial charge in [-0.1, -0.05) is 78.9 Å². The lowest BCUT2D eigenvalue weighted by Crippen LogP contribution is -2.27. The Labute approximate surface area is 222 Å². The van der Waals surface area contributed by atoms with Gasteiger partial charge in [0.25, 0.3) is 16.8 Å². The van der Waals surface area contributed by atoms with Gasteiger partial charge in [-0.25, -0.2) is 0 Å². The minimum Gasteiger partial charge on any atom is -0.342 e. The highest BCUT2D eigenvalue weighted by molar-refractivity contribution is 8.18. The predicted molar refractivity (Wildman–Crippen MR) is 150 cm³/mol. The van der Waals surface area contributed by atoms with E-state index >= 15 is 0 Å². The Morgan fingerprint density at radius 1 is 0.789 bits per heavy atom. The number of para-hydroxylation sites is 2. The van der Waals surface area contributed by atoms with Gasteiger partial charge in [-0.15, -0.1) is 0 Å². The molecule has 7 nitrogen and oxygen atoms in total. The third-order valence-electron chi connectivity index (χ3n) is 6.72. The summed E-state index contributed by atoms with van der Waals surface area (Å²) in [5.41, 5.74) is 3.20. The molecule has 5 aromatic rings. The van der Waals surface area contributed by atoms with E-state index < -0.39 is 0 Å². The lowest BCUT2D eigenvalue weighted by Gasteiger charge is -2.14. The number of aromatic nitrogens is 1. The Morgan fingerprint density at radius 2 is 1.47 bits per heavy atom. The number of imide groups is 1. The first kappa shape index (κ1) is 23.7. The highest BCUT2D eigenvalue weighted by atomic mass is 32.2. The molecule has 1 aliphatic rings. The molecular formula is C30H21N3O4S. The van der Waals surface area contributed by atoms with Crippen molar-refractivity contribution >= 4 is 56.3 Å². The van der Waals surface area contributed by atoms with Crippen LogP contribution in [-0.2, 0) is 17.9 Å². The van der Waals surface area contributed by atoms with Crippen molar-refractivity contribution in [2.75, 3.05) is 0 Å². The van der Waals surface area contributed by atoms with Crippen molar-refractivity contribution in [2.45, 2.75) is 13.1 Å². The second-order valence-corrected chi connectivity index (χ2v) is 10.0. The monoisotopic (exact) mass is 519 g/mol. The van der Waals surface area contributed by atoms with Crippen molar-refractivity contribution in [1.82, 2.24) is 9.47 Å². The van der Waals surface area contributed by atoms with Gasteiger partial charge in [0.15, 0.2) is 0 Å². The third-order valence-corrected chi connectivity index (χ3v) is 7.62. The molecule has 0 N–H and O–H groups in total. The maximum absolute atomic E-state index is 13.3. The summed E-state index contributed by atoms with van der Waals surface area (Å²) in [5.74, 6) is -0.330. The average molecular weight is 520 g/mol. The van der Waals surface area contributed by atoms with E-state index in [1.165, 1.54) is 11.0 Å². The highest BCUT2D eigenvalue weighted by Crippen LogP contribution is 2.36. The fourth-order valence-electron chi connectivity index (χ4n) is 4.91. The zero-order valence-electron chi connectivity index (χ0n) is 20.1. The Balaban J connectivity index is 1.33. The van der Waals surface area contributed by atoms with Gasteiger partial charge < -0.3 is 4.57 Å². The van der Waals surface area contributed by atoms with E-state index in [-0.39, 0.29) is 28.3 Å². The van der Waals surface area contributed by atoms with Crippen molar-refractivity contribution in [3.8, 4) is 0 Å². The lowest BCUT2D eigenvalue weighted by molar-refractivity contribution is -0.385. The Kier molecular flexibility index (Phi) is 6.01. The Hall–Kier alpha value is -4.69. The van der Waals surface area contributed by atoms with E-state index in [1.54, 1.807) is 24.3 Å². The first-order chi connectivity index (χ1) is 18.5. The summed E-state index contributed by atoms with van der Waals surface area (Å²) in [7, 11) is 0. The molecule has 186 valence electrons. The second-order valence-electron chi connectivity index (χ2n) is 9.02. The summed E-state index contributed by atoms with van der Waals surface area (Å²) in [5, 5.41) is 14.2. The predicted octanol–water partition coefficient (Wildman–Crippen LogP) is 6.99. The van der Waals surface area contributed by atoms with Crippen molar-refractivity contribution in [1.29, 1.82) is 0 Å². The van der Waals surface area contributed by atoms with E-state index in [0.29, 0.717) is 17.0 Å². The number of benzene rings is 4. The molecule has 0 spiro atoms. The first-order valence-electron chi connectivity index (χ1n) is 12.0. The van der Waals surface area contributed by atoms with Gasteiger partial charge in [0, 0.05) is 34.3 Å². The van der Waals surface area contributed by atoms with E-state index in [2.05, 4.69) is 0 Å². The van der Waals surface area contributed by atoms with Crippen molar-refractivity contribution < 1.29 is 14.5 Å². The minimum absolute atomic E-state index is 0.0568. The summed E-state index contributed by atoms with van der Waals surface area (Å²) >= 11 is 0.929. The Morgan fingerprint density at radius 3 is 2.32 bits per heavy atom. The SMILES string of the molecule is O=C1S/C(=C\c2cn(Cc3ccccc3[N+](=O)[O-])c3ccccc23)C(=O)N1Cc1cccc2ccccc12. The van der Waals surface area contributed by atoms with E-state index in [4.69, 9.17) is 0 Å². The van der Waals surface area contributed by atoms with Gasteiger partial charge >= 0.3 is 0 Å². The molecule has 0 radical (unpaired) electrons. The number of carbonyl (C=O) groups excluding carboxylic acids is 2. The molecule has 8 heteroatoms. The van der Waals surface area contributed by atoms with Crippen molar-refractivity contribution in [2.24, 2.45) is 0 Å². The van der Waals surface area contributed by atoms with Crippen LogP contribution in [0.3, 0.4) is 0 Å². The number of amides is 2. The van der Waals surface area contributed by atoms with Crippen LogP contribution in [0.15, 0.2) is 102 Å². The van der Waals surface area contributed by atoms with Gasteiger partial charge in [-0.2, -0.15) is 0 Å². The summed E-state index contributed by atoms with van der Waals surface area (Å²) in [6.07, 6.45) is 3.62. The molecule has 2 amide bonds. The van der Waals surface area contributed by atoms with Gasteiger partial charge in [0.2, 0.25) is 0 Å². The fourth-order valence-corrected chi connectivity index (χ4v) is 5.73. The topological polar surface area (TPSA) is 85.5 Å². The number of carbonyl (C=O) groups is 2. The van der Waals surface area contributed by atoms with Crippen LogP contribution in [0, 0.1) is 10.1 Å². The van der Waals surface area contributed by atoms with Crippen LogP contribution < -0.4 is 0 Å². The van der Waals surface area contributed by atoms with Crippen molar-refractivity contribution in [3.63, 3.8) is 0 Å². The summed E-state index contributed by atoms with van der Waals surface area (Å²) in [6.45, 7) is 0.497. The average Bonchev–Trinajstić information content (AvgIpc) is 3.40. The van der Waals surface area contributed by atoms with Crippen molar-refractivity contribution in [3.05, 3.63) is 129 Å². The number of fused-ring (bicyclic) bond motifs is 2. The van der Waals surface area contributed by atoms with Crippen LogP contribution in [-0.4, -0.2) is 25.5 Å². The quantitative estimate of drug-likeness (QED) is 0.137. The number of rotatable bonds is 6. The molecule has 1 saturated heterocycles. The molecule has 4 aromatic carbocycles. The maximum atomic E-state index is 13.3. The molecule has 1 aliphatic heterocycles. The van der Waals surface area contributed by atoms with Crippen LogP contribution in [0.2, 0.25) is 0 Å². The zero-order chi connectivity index (χ0) is 26.2. The highest BCUT2D eigenvalue weighted by Gasteiger charge is 2.35. The summed E-state index contributed by atoms with van der Waals surface area (Å²) in [6, 6.07) is 28.1. The number of thioether (sulfide) groups is 1. The number of hydrogen-bond donors (Lipinski definition) is 0.